The molecule has 0 saturated heterocycles. The van der Waals surface area contributed by atoms with Gasteiger partial charge in [0.15, 0.2) is 0 Å². The van der Waals surface area contributed by atoms with E-state index in [0.29, 0.717) is 12.6 Å². The molecule has 0 aliphatic rings. The molecule has 0 aromatic carbocycles. The number of hydrogen-bond acceptors (Lipinski definition) is 4. The Morgan fingerprint density at radius 1 is 1.50 bits per heavy atom. The van der Waals surface area contributed by atoms with E-state index in [2.05, 4.69) is 24.3 Å². The van der Waals surface area contributed by atoms with Gasteiger partial charge in [-0.25, -0.2) is 4.68 Å². The summed E-state index contributed by atoms with van der Waals surface area (Å²) in [5, 5.41) is 7.77. The number of ether oxygens (including phenoxy) is 1. The third-order valence-electron chi connectivity index (χ3n) is 2.53. The molecule has 5 nitrogen and oxygen atoms in total. The molecule has 0 fully saturated rings. The van der Waals surface area contributed by atoms with Gasteiger partial charge in [0, 0.05) is 19.6 Å². The summed E-state index contributed by atoms with van der Waals surface area (Å²) in [6, 6.07) is 0.460. The molecule has 5 heteroatoms. The minimum atomic E-state index is 0.0867. The second kappa shape index (κ2) is 5.32. The van der Waals surface area contributed by atoms with Gasteiger partial charge in [0.1, 0.15) is 0 Å². The molecule has 16 heavy (non-hydrogen) atoms. The van der Waals surface area contributed by atoms with Crippen molar-refractivity contribution in [3.8, 4) is 5.88 Å². The highest BCUT2D eigenvalue weighted by molar-refractivity contribution is 5.34. The maximum absolute atomic E-state index is 5.80. The lowest BCUT2D eigenvalue weighted by atomic mass is 10.1. The number of aryl methyl sites for hydroxylation is 2. The van der Waals surface area contributed by atoms with Crippen molar-refractivity contribution in [1.29, 1.82) is 0 Å². The summed E-state index contributed by atoms with van der Waals surface area (Å²) in [4.78, 5) is 0. The minimum absolute atomic E-state index is 0.0867. The quantitative estimate of drug-likeness (QED) is 0.777. The number of rotatable bonds is 5. The van der Waals surface area contributed by atoms with Crippen LogP contribution in [0.5, 0.6) is 5.88 Å². The van der Waals surface area contributed by atoms with Crippen molar-refractivity contribution in [3.63, 3.8) is 0 Å². The Morgan fingerprint density at radius 2 is 2.12 bits per heavy atom. The van der Waals surface area contributed by atoms with Crippen molar-refractivity contribution in [2.45, 2.75) is 32.9 Å². The van der Waals surface area contributed by atoms with Crippen LogP contribution in [0.3, 0.4) is 0 Å². The molecule has 1 unspecified atom stereocenters. The predicted octanol–water partition coefficient (Wildman–Crippen LogP) is 0.735. The van der Waals surface area contributed by atoms with Gasteiger partial charge in [-0.3, -0.25) is 0 Å². The van der Waals surface area contributed by atoms with Crippen LogP contribution in [0.15, 0.2) is 0 Å². The normalized spacial score (nSPS) is 13.2. The highest BCUT2D eigenvalue weighted by Gasteiger charge is 2.22. The van der Waals surface area contributed by atoms with Crippen molar-refractivity contribution in [3.05, 3.63) is 11.3 Å². The minimum Gasteiger partial charge on any atom is -0.481 e. The van der Waals surface area contributed by atoms with E-state index in [1.165, 1.54) is 0 Å². The van der Waals surface area contributed by atoms with Gasteiger partial charge in [-0.05, 0) is 6.92 Å². The SMILES string of the molecule is COc1c(C(CN)NC(C)C)c(C)nn1C. The van der Waals surface area contributed by atoms with E-state index < -0.39 is 0 Å². The topological polar surface area (TPSA) is 65.1 Å². The van der Waals surface area contributed by atoms with E-state index in [1.54, 1.807) is 11.8 Å². The van der Waals surface area contributed by atoms with Crippen LogP contribution in [0.2, 0.25) is 0 Å². The van der Waals surface area contributed by atoms with Crippen molar-refractivity contribution in [1.82, 2.24) is 15.1 Å². The molecule has 1 aromatic heterocycles. The zero-order valence-corrected chi connectivity index (χ0v) is 10.7. The van der Waals surface area contributed by atoms with E-state index in [9.17, 15) is 0 Å². The maximum atomic E-state index is 5.80. The Kier molecular flexibility index (Phi) is 4.32. The van der Waals surface area contributed by atoms with Crippen LogP contribution in [-0.2, 0) is 7.05 Å². The average Bonchev–Trinajstić information content (AvgIpc) is 2.49. The number of nitrogens with two attached hydrogens (primary N) is 1. The molecule has 92 valence electrons. The highest BCUT2D eigenvalue weighted by Crippen LogP contribution is 2.27. The third kappa shape index (κ3) is 2.54. The molecule has 0 radical (unpaired) electrons. The largest absolute Gasteiger partial charge is 0.481 e. The standard InChI is InChI=1S/C11H22N4O/c1-7(2)13-9(6-12)10-8(3)14-15(4)11(10)16-5/h7,9,13H,6,12H2,1-5H3. The van der Waals surface area contributed by atoms with Gasteiger partial charge >= 0.3 is 0 Å². The smallest absolute Gasteiger partial charge is 0.216 e. The molecule has 1 aromatic rings. The van der Waals surface area contributed by atoms with Crippen LogP contribution in [0.1, 0.15) is 31.1 Å². The molecule has 0 saturated carbocycles. The van der Waals surface area contributed by atoms with E-state index in [0.717, 1.165) is 17.1 Å². The number of methoxy groups -OCH3 is 1. The van der Waals surface area contributed by atoms with E-state index in [4.69, 9.17) is 10.5 Å². The second-order valence-electron chi connectivity index (χ2n) is 4.24. The summed E-state index contributed by atoms with van der Waals surface area (Å²) < 4.78 is 7.11. The fourth-order valence-corrected chi connectivity index (χ4v) is 1.97. The molecule has 0 bridgehead atoms. The van der Waals surface area contributed by atoms with Gasteiger partial charge in [-0.15, -0.1) is 0 Å². The second-order valence-corrected chi connectivity index (χ2v) is 4.24. The van der Waals surface area contributed by atoms with E-state index >= 15 is 0 Å². The molecule has 0 spiro atoms. The Labute approximate surface area is 97.0 Å². The Morgan fingerprint density at radius 3 is 2.56 bits per heavy atom. The van der Waals surface area contributed by atoms with Crippen molar-refractivity contribution in [2.75, 3.05) is 13.7 Å². The highest BCUT2D eigenvalue weighted by atomic mass is 16.5. The number of hydrogen-bond donors (Lipinski definition) is 2. The first-order valence-electron chi connectivity index (χ1n) is 5.54. The zero-order chi connectivity index (χ0) is 12.3. The Bertz CT molecular complexity index is 346. The van der Waals surface area contributed by atoms with Gasteiger partial charge in [-0.2, -0.15) is 5.10 Å². The van der Waals surface area contributed by atoms with Crippen LogP contribution in [0.4, 0.5) is 0 Å². The fourth-order valence-electron chi connectivity index (χ4n) is 1.97. The van der Waals surface area contributed by atoms with Crippen molar-refractivity contribution >= 4 is 0 Å². The lowest BCUT2D eigenvalue weighted by Gasteiger charge is -2.20. The third-order valence-corrected chi connectivity index (χ3v) is 2.53. The maximum Gasteiger partial charge on any atom is 0.216 e. The Hall–Kier alpha value is -1.07. The summed E-state index contributed by atoms with van der Waals surface area (Å²) in [5.41, 5.74) is 7.82. The van der Waals surface area contributed by atoms with Gasteiger partial charge in [0.2, 0.25) is 5.88 Å². The van der Waals surface area contributed by atoms with Gasteiger partial charge in [0.05, 0.1) is 24.4 Å². The summed E-state index contributed by atoms with van der Waals surface area (Å²) in [5.74, 6) is 0.779. The molecule has 1 atom stereocenters. The lowest BCUT2D eigenvalue weighted by molar-refractivity contribution is 0.360. The van der Waals surface area contributed by atoms with Gasteiger partial charge in [-0.1, -0.05) is 13.8 Å². The molecule has 0 aliphatic carbocycles. The zero-order valence-electron chi connectivity index (χ0n) is 10.7. The summed E-state index contributed by atoms with van der Waals surface area (Å²) in [6.45, 7) is 6.70. The van der Waals surface area contributed by atoms with Crippen molar-refractivity contribution in [2.24, 2.45) is 12.8 Å². The van der Waals surface area contributed by atoms with Crippen LogP contribution >= 0.6 is 0 Å². The number of aromatic nitrogens is 2. The van der Waals surface area contributed by atoms with Crippen LogP contribution in [0, 0.1) is 6.92 Å². The van der Waals surface area contributed by atoms with Gasteiger partial charge < -0.3 is 15.8 Å². The molecule has 3 N–H and O–H groups in total. The summed E-state index contributed by atoms with van der Waals surface area (Å²) >= 11 is 0. The van der Waals surface area contributed by atoms with E-state index in [1.807, 2.05) is 14.0 Å². The Balaban J connectivity index is 3.08. The first-order valence-corrected chi connectivity index (χ1v) is 5.54. The van der Waals surface area contributed by atoms with E-state index in [-0.39, 0.29) is 6.04 Å². The first-order chi connectivity index (χ1) is 7.51. The number of nitrogens with zero attached hydrogens (tertiary/aromatic N) is 2. The van der Waals surface area contributed by atoms with Crippen LogP contribution in [-0.4, -0.2) is 29.5 Å². The lowest BCUT2D eigenvalue weighted by Crippen LogP contribution is -2.33. The van der Waals surface area contributed by atoms with Crippen LogP contribution in [0.25, 0.3) is 0 Å². The fraction of sp³-hybridized carbons (Fsp3) is 0.727. The molecule has 1 heterocycles. The summed E-state index contributed by atoms with van der Waals surface area (Å²) in [7, 11) is 3.53. The summed E-state index contributed by atoms with van der Waals surface area (Å²) in [6.07, 6.45) is 0. The monoisotopic (exact) mass is 226 g/mol. The molecule has 0 amide bonds. The first kappa shape index (κ1) is 13.0. The average molecular weight is 226 g/mol. The molecule has 0 aliphatic heterocycles. The van der Waals surface area contributed by atoms with Crippen LogP contribution < -0.4 is 15.8 Å². The van der Waals surface area contributed by atoms with Gasteiger partial charge in [0.25, 0.3) is 0 Å². The van der Waals surface area contributed by atoms with Crippen molar-refractivity contribution < 1.29 is 4.74 Å². The molecular weight excluding hydrogens is 204 g/mol. The predicted molar refractivity (Wildman–Crippen MR) is 64.6 cm³/mol. The molecular formula is C11H22N4O. The number of nitrogens with one attached hydrogen (secondary N) is 1. The molecule has 1 rings (SSSR count).